The fourth-order valence-corrected chi connectivity index (χ4v) is 2.65. The van der Waals surface area contributed by atoms with E-state index >= 15 is 0 Å². The van der Waals surface area contributed by atoms with Gasteiger partial charge in [0.25, 0.3) is 11.8 Å². The Morgan fingerprint density at radius 3 is 2.10 bits per heavy atom. The van der Waals surface area contributed by atoms with Crippen LogP contribution in [0.1, 0.15) is 43.6 Å². The molecule has 0 aliphatic carbocycles. The van der Waals surface area contributed by atoms with Crippen LogP contribution in [-0.4, -0.2) is 36.8 Å². The van der Waals surface area contributed by atoms with Gasteiger partial charge in [-0.1, -0.05) is 39.0 Å². The van der Waals surface area contributed by atoms with E-state index in [1.807, 2.05) is 12.1 Å². The maximum atomic E-state index is 12.2. The molecule has 2 aromatic rings. The first-order valence-corrected chi connectivity index (χ1v) is 9.76. The van der Waals surface area contributed by atoms with E-state index in [9.17, 15) is 19.2 Å². The lowest BCUT2D eigenvalue weighted by atomic mass is 9.87. The smallest absolute Gasteiger partial charge is 0.325 e. The Kier molecular flexibility index (Phi) is 7.90. The predicted molar refractivity (Wildman–Crippen MR) is 118 cm³/mol. The standard InChI is InChI=1S/C23H27N3O5/c1-15(27)25-18-6-5-7-19(12-18)26-20(28)14-31-21(29)13-24-22(30)16-8-10-17(11-9-16)23(2,3)4/h5-12H,13-14H2,1-4H3,(H,24,30)(H,25,27)(H,26,28). The van der Waals surface area contributed by atoms with Gasteiger partial charge in [0.1, 0.15) is 6.54 Å². The molecular weight excluding hydrogens is 398 g/mol. The van der Waals surface area contributed by atoms with Crippen molar-refractivity contribution < 1.29 is 23.9 Å². The van der Waals surface area contributed by atoms with E-state index in [1.165, 1.54) is 6.92 Å². The zero-order chi connectivity index (χ0) is 23.0. The van der Waals surface area contributed by atoms with E-state index in [1.54, 1.807) is 36.4 Å². The number of amides is 3. The molecule has 0 bridgehead atoms. The zero-order valence-electron chi connectivity index (χ0n) is 18.1. The van der Waals surface area contributed by atoms with Crippen LogP contribution < -0.4 is 16.0 Å². The summed E-state index contributed by atoms with van der Waals surface area (Å²) in [6.07, 6.45) is 0. The second kappa shape index (κ2) is 10.4. The average molecular weight is 425 g/mol. The molecule has 8 nitrogen and oxygen atoms in total. The van der Waals surface area contributed by atoms with E-state index < -0.39 is 24.4 Å². The number of rotatable bonds is 7. The van der Waals surface area contributed by atoms with Gasteiger partial charge < -0.3 is 20.7 Å². The molecule has 2 aromatic carbocycles. The molecule has 0 aromatic heterocycles. The van der Waals surface area contributed by atoms with E-state index in [4.69, 9.17) is 4.74 Å². The largest absolute Gasteiger partial charge is 0.454 e. The van der Waals surface area contributed by atoms with Crippen LogP contribution in [0.3, 0.4) is 0 Å². The SMILES string of the molecule is CC(=O)Nc1cccc(NC(=O)COC(=O)CNC(=O)c2ccc(C(C)(C)C)cc2)c1. The molecule has 0 heterocycles. The average Bonchev–Trinajstić information content (AvgIpc) is 2.69. The zero-order valence-corrected chi connectivity index (χ0v) is 18.1. The Hall–Kier alpha value is -3.68. The molecule has 0 fully saturated rings. The third-order valence-corrected chi connectivity index (χ3v) is 4.24. The molecule has 8 heteroatoms. The third-order valence-electron chi connectivity index (χ3n) is 4.24. The number of esters is 1. The van der Waals surface area contributed by atoms with Crippen molar-refractivity contribution in [2.45, 2.75) is 33.1 Å². The number of carbonyl (C=O) groups is 4. The minimum atomic E-state index is -0.734. The normalized spacial score (nSPS) is 10.7. The molecule has 0 saturated heterocycles. The molecule has 0 aliphatic rings. The molecule has 164 valence electrons. The van der Waals surface area contributed by atoms with Crippen LogP contribution in [0.25, 0.3) is 0 Å². The van der Waals surface area contributed by atoms with Crippen molar-refractivity contribution in [3.05, 3.63) is 59.7 Å². The highest BCUT2D eigenvalue weighted by molar-refractivity contribution is 5.97. The summed E-state index contributed by atoms with van der Waals surface area (Å²) in [5, 5.41) is 7.64. The molecular formula is C23H27N3O5. The van der Waals surface area contributed by atoms with Crippen LogP contribution in [0.4, 0.5) is 11.4 Å². The first-order valence-electron chi connectivity index (χ1n) is 9.76. The predicted octanol–water partition coefficient (Wildman–Crippen LogP) is 2.85. The van der Waals surface area contributed by atoms with Gasteiger partial charge in [-0.25, -0.2) is 0 Å². The first kappa shape index (κ1) is 23.6. The maximum Gasteiger partial charge on any atom is 0.325 e. The Bertz CT molecular complexity index is 962. The van der Waals surface area contributed by atoms with E-state index in [-0.39, 0.29) is 17.9 Å². The van der Waals surface area contributed by atoms with Crippen molar-refractivity contribution in [3.63, 3.8) is 0 Å². The van der Waals surface area contributed by atoms with Crippen molar-refractivity contribution in [2.75, 3.05) is 23.8 Å². The molecule has 0 saturated carbocycles. The lowest BCUT2D eigenvalue weighted by Gasteiger charge is -2.19. The monoisotopic (exact) mass is 425 g/mol. The molecule has 0 radical (unpaired) electrons. The van der Waals surface area contributed by atoms with Crippen molar-refractivity contribution >= 4 is 35.1 Å². The lowest BCUT2D eigenvalue weighted by Crippen LogP contribution is -2.32. The molecule has 2 rings (SSSR count). The summed E-state index contributed by atoms with van der Waals surface area (Å²) in [4.78, 5) is 47.1. The Morgan fingerprint density at radius 2 is 1.52 bits per heavy atom. The van der Waals surface area contributed by atoms with Gasteiger partial charge in [0, 0.05) is 23.9 Å². The third kappa shape index (κ3) is 7.93. The number of carbonyl (C=O) groups excluding carboxylic acids is 4. The summed E-state index contributed by atoms with van der Waals surface area (Å²) >= 11 is 0. The van der Waals surface area contributed by atoms with Crippen molar-refractivity contribution in [2.24, 2.45) is 0 Å². The van der Waals surface area contributed by atoms with E-state index in [0.29, 0.717) is 16.9 Å². The molecule has 3 N–H and O–H groups in total. The number of hydrogen-bond acceptors (Lipinski definition) is 5. The summed E-state index contributed by atoms with van der Waals surface area (Å²) in [6.45, 7) is 6.75. The maximum absolute atomic E-state index is 12.2. The highest BCUT2D eigenvalue weighted by Crippen LogP contribution is 2.22. The lowest BCUT2D eigenvalue weighted by molar-refractivity contribution is -0.146. The minimum absolute atomic E-state index is 0.0232. The summed E-state index contributed by atoms with van der Waals surface area (Å²) in [6, 6.07) is 13.7. The Morgan fingerprint density at radius 1 is 0.903 bits per heavy atom. The van der Waals surface area contributed by atoms with Crippen molar-refractivity contribution in [1.29, 1.82) is 0 Å². The Labute approximate surface area is 181 Å². The summed E-state index contributed by atoms with van der Waals surface area (Å²) in [5.74, 6) is -1.92. The fraction of sp³-hybridized carbons (Fsp3) is 0.304. The summed E-state index contributed by atoms with van der Waals surface area (Å²) < 4.78 is 4.89. The van der Waals surface area contributed by atoms with E-state index in [0.717, 1.165) is 5.56 Å². The van der Waals surface area contributed by atoms with Gasteiger partial charge in [0.05, 0.1) is 0 Å². The van der Waals surface area contributed by atoms with Crippen molar-refractivity contribution in [1.82, 2.24) is 5.32 Å². The van der Waals surface area contributed by atoms with Crippen LogP contribution in [0.5, 0.6) is 0 Å². The second-order valence-electron chi connectivity index (χ2n) is 7.98. The van der Waals surface area contributed by atoms with Crippen LogP contribution >= 0.6 is 0 Å². The number of benzene rings is 2. The molecule has 0 atom stereocenters. The van der Waals surface area contributed by atoms with Gasteiger partial charge >= 0.3 is 5.97 Å². The van der Waals surface area contributed by atoms with Crippen LogP contribution in [0.15, 0.2) is 48.5 Å². The second-order valence-corrected chi connectivity index (χ2v) is 7.98. The van der Waals surface area contributed by atoms with Gasteiger partial charge in [0.2, 0.25) is 5.91 Å². The van der Waals surface area contributed by atoms with Gasteiger partial charge in [0.15, 0.2) is 6.61 Å². The van der Waals surface area contributed by atoms with Gasteiger partial charge in [-0.15, -0.1) is 0 Å². The molecule has 0 spiro atoms. The number of ether oxygens (including phenoxy) is 1. The quantitative estimate of drug-likeness (QED) is 0.591. The first-order chi connectivity index (χ1) is 14.5. The molecule has 0 aliphatic heterocycles. The summed E-state index contributed by atoms with van der Waals surface area (Å²) in [7, 11) is 0. The highest BCUT2D eigenvalue weighted by atomic mass is 16.5. The fourth-order valence-electron chi connectivity index (χ4n) is 2.65. The van der Waals surface area contributed by atoms with Crippen molar-refractivity contribution in [3.8, 4) is 0 Å². The van der Waals surface area contributed by atoms with Crippen LogP contribution in [0.2, 0.25) is 0 Å². The van der Waals surface area contributed by atoms with E-state index in [2.05, 4.69) is 36.7 Å². The highest BCUT2D eigenvalue weighted by Gasteiger charge is 2.15. The van der Waals surface area contributed by atoms with Gasteiger partial charge in [-0.2, -0.15) is 0 Å². The molecule has 3 amide bonds. The van der Waals surface area contributed by atoms with Crippen LogP contribution in [0, 0.1) is 0 Å². The van der Waals surface area contributed by atoms with Gasteiger partial charge in [-0.05, 0) is 41.3 Å². The van der Waals surface area contributed by atoms with Crippen LogP contribution in [-0.2, 0) is 24.5 Å². The molecule has 31 heavy (non-hydrogen) atoms. The topological polar surface area (TPSA) is 114 Å². The Balaban J connectivity index is 1.77. The number of anilines is 2. The number of nitrogens with one attached hydrogen (secondary N) is 3. The van der Waals surface area contributed by atoms with Gasteiger partial charge in [-0.3, -0.25) is 19.2 Å². The number of hydrogen-bond donors (Lipinski definition) is 3. The molecule has 0 unspecified atom stereocenters. The summed E-state index contributed by atoms with van der Waals surface area (Å²) in [5.41, 5.74) is 2.47. The minimum Gasteiger partial charge on any atom is -0.454 e.